The third-order valence-electron chi connectivity index (χ3n) is 5.04. The number of nitrogens with one attached hydrogen (secondary N) is 1. The van der Waals surface area contributed by atoms with Crippen LogP contribution in [0.3, 0.4) is 0 Å². The summed E-state index contributed by atoms with van der Waals surface area (Å²) in [6.07, 6.45) is 5.42. The van der Waals surface area contributed by atoms with Gasteiger partial charge in [-0.05, 0) is 48.8 Å². The molecule has 1 aromatic carbocycles. The van der Waals surface area contributed by atoms with Crippen LogP contribution in [0, 0.1) is 18.2 Å². The quantitative estimate of drug-likeness (QED) is 0.669. The molecule has 1 saturated heterocycles. The first-order valence-electron chi connectivity index (χ1n) is 7.83. The van der Waals surface area contributed by atoms with Gasteiger partial charge in [0.2, 0.25) is 0 Å². The Morgan fingerprint density at radius 2 is 2.19 bits per heavy atom. The smallest absolute Gasteiger partial charge is 0.193 e. The van der Waals surface area contributed by atoms with Crippen LogP contribution >= 0.6 is 0 Å². The summed E-state index contributed by atoms with van der Waals surface area (Å²) in [4.78, 5) is 6.78. The summed E-state index contributed by atoms with van der Waals surface area (Å²) < 4.78 is 13.3. The highest BCUT2D eigenvalue weighted by atomic mass is 19.1. The van der Waals surface area contributed by atoms with Gasteiger partial charge >= 0.3 is 0 Å². The zero-order valence-electron chi connectivity index (χ0n) is 13.0. The fourth-order valence-electron chi connectivity index (χ4n) is 3.53. The predicted octanol–water partition coefficient (Wildman–Crippen LogP) is 3.09. The molecular formula is C17H24FN3. The average Bonchev–Trinajstić information content (AvgIpc) is 2.89. The second kappa shape index (κ2) is 5.66. The molecule has 1 N–H and O–H groups in total. The number of nitrogens with zero attached hydrogens (tertiary/aromatic N) is 2. The van der Waals surface area contributed by atoms with E-state index in [1.807, 2.05) is 19.2 Å². The molecule has 1 aliphatic carbocycles. The van der Waals surface area contributed by atoms with Crippen LogP contribution < -0.4 is 5.32 Å². The molecule has 2 fully saturated rings. The summed E-state index contributed by atoms with van der Waals surface area (Å²) in [6.45, 7) is 4.73. The zero-order chi connectivity index (χ0) is 14.9. The van der Waals surface area contributed by atoms with Crippen LogP contribution in [-0.2, 0) is 6.54 Å². The van der Waals surface area contributed by atoms with Crippen molar-refractivity contribution < 1.29 is 4.39 Å². The van der Waals surface area contributed by atoms with E-state index in [0.717, 1.165) is 24.6 Å². The third-order valence-corrected chi connectivity index (χ3v) is 5.04. The summed E-state index contributed by atoms with van der Waals surface area (Å²) in [6, 6.07) is 5.27. The minimum atomic E-state index is -0.144. The van der Waals surface area contributed by atoms with Crippen molar-refractivity contribution in [3.05, 3.63) is 35.1 Å². The first-order valence-corrected chi connectivity index (χ1v) is 7.83. The standard InChI is InChI=1S/C17H24FN3/c1-13-10-14(4-5-15(13)18)11-20-16(19-2)21-9-8-17(12-21)6-3-7-17/h4-5,10H,3,6-9,11-12H2,1-2H3,(H,19,20). The van der Waals surface area contributed by atoms with Crippen LogP contribution in [-0.4, -0.2) is 31.0 Å². The molecule has 1 spiro atoms. The summed E-state index contributed by atoms with van der Waals surface area (Å²) >= 11 is 0. The van der Waals surface area contributed by atoms with E-state index in [1.54, 1.807) is 6.92 Å². The van der Waals surface area contributed by atoms with Crippen LogP contribution in [0.2, 0.25) is 0 Å². The Hall–Kier alpha value is -1.58. The van der Waals surface area contributed by atoms with E-state index in [-0.39, 0.29) is 5.82 Å². The molecule has 0 unspecified atom stereocenters. The van der Waals surface area contributed by atoms with Gasteiger partial charge in [0, 0.05) is 26.7 Å². The lowest BCUT2D eigenvalue weighted by molar-refractivity contribution is 0.151. The molecule has 0 bridgehead atoms. The molecular weight excluding hydrogens is 265 g/mol. The number of aliphatic imine (C=N–C) groups is 1. The van der Waals surface area contributed by atoms with Crippen molar-refractivity contribution in [2.75, 3.05) is 20.1 Å². The Morgan fingerprint density at radius 3 is 2.76 bits per heavy atom. The second-order valence-corrected chi connectivity index (χ2v) is 6.51. The Kier molecular flexibility index (Phi) is 3.87. The zero-order valence-corrected chi connectivity index (χ0v) is 13.0. The summed E-state index contributed by atoms with van der Waals surface area (Å²) in [5, 5.41) is 3.41. The van der Waals surface area contributed by atoms with Crippen molar-refractivity contribution in [2.45, 2.75) is 39.2 Å². The van der Waals surface area contributed by atoms with E-state index < -0.39 is 0 Å². The lowest BCUT2D eigenvalue weighted by atomic mass is 9.68. The third kappa shape index (κ3) is 2.89. The molecule has 4 heteroatoms. The minimum Gasteiger partial charge on any atom is -0.352 e. The van der Waals surface area contributed by atoms with E-state index in [9.17, 15) is 4.39 Å². The van der Waals surface area contributed by atoms with E-state index in [2.05, 4.69) is 15.2 Å². The van der Waals surface area contributed by atoms with Gasteiger partial charge < -0.3 is 10.2 Å². The van der Waals surface area contributed by atoms with Crippen LogP contribution in [0.1, 0.15) is 36.8 Å². The number of rotatable bonds is 2. The van der Waals surface area contributed by atoms with Crippen molar-refractivity contribution in [1.82, 2.24) is 10.2 Å². The second-order valence-electron chi connectivity index (χ2n) is 6.51. The molecule has 3 rings (SSSR count). The van der Waals surface area contributed by atoms with E-state index in [0.29, 0.717) is 17.5 Å². The maximum atomic E-state index is 13.3. The molecule has 0 atom stereocenters. The molecule has 0 aromatic heterocycles. The van der Waals surface area contributed by atoms with Gasteiger partial charge in [0.15, 0.2) is 5.96 Å². The molecule has 0 amide bonds. The number of halogens is 1. The molecule has 1 saturated carbocycles. The number of hydrogen-bond donors (Lipinski definition) is 1. The van der Waals surface area contributed by atoms with Crippen molar-refractivity contribution in [3.63, 3.8) is 0 Å². The predicted molar refractivity (Wildman–Crippen MR) is 83.8 cm³/mol. The lowest BCUT2D eigenvalue weighted by Crippen LogP contribution is -2.42. The molecule has 1 aromatic rings. The SMILES string of the molecule is CN=C(NCc1ccc(F)c(C)c1)N1CCC2(CCC2)C1. The number of guanidine groups is 1. The summed E-state index contributed by atoms with van der Waals surface area (Å²) in [5.74, 6) is 0.829. The van der Waals surface area contributed by atoms with Gasteiger partial charge in [0.05, 0.1) is 0 Å². The van der Waals surface area contributed by atoms with Crippen LogP contribution in [0.15, 0.2) is 23.2 Å². The topological polar surface area (TPSA) is 27.6 Å². The van der Waals surface area contributed by atoms with E-state index in [1.165, 1.54) is 31.7 Å². The molecule has 0 radical (unpaired) electrons. The van der Waals surface area contributed by atoms with Crippen molar-refractivity contribution in [3.8, 4) is 0 Å². The van der Waals surface area contributed by atoms with Gasteiger partial charge in [-0.15, -0.1) is 0 Å². The Morgan fingerprint density at radius 1 is 1.38 bits per heavy atom. The summed E-state index contributed by atoms with van der Waals surface area (Å²) in [7, 11) is 1.84. The molecule has 1 heterocycles. The van der Waals surface area contributed by atoms with Gasteiger partial charge in [-0.2, -0.15) is 0 Å². The largest absolute Gasteiger partial charge is 0.352 e. The van der Waals surface area contributed by atoms with Crippen molar-refractivity contribution in [2.24, 2.45) is 10.4 Å². The molecule has 114 valence electrons. The number of hydrogen-bond acceptors (Lipinski definition) is 1. The number of likely N-dealkylation sites (tertiary alicyclic amines) is 1. The van der Waals surface area contributed by atoms with Crippen LogP contribution in [0.5, 0.6) is 0 Å². The first kappa shape index (κ1) is 14.4. The Balaban J connectivity index is 1.59. The first-order chi connectivity index (χ1) is 10.1. The highest BCUT2D eigenvalue weighted by Crippen LogP contribution is 2.47. The van der Waals surface area contributed by atoms with Gasteiger partial charge in [-0.3, -0.25) is 4.99 Å². The normalized spacial score (nSPS) is 20.7. The fraction of sp³-hybridized carbons (Fsp3) is 0.588. The highest BCUT2D eigenvalue weighted by Gasteiger charge is 2.43. The highest BCUT2D eigenvalue weighted by molar-refractivity contribution is 5.80. The number of benzene rings is 1. The molecule has 1 aliphatic heterocycles. The molecule has 21 heavy (non-hydrogen) atoms. The molecule has 2 aliphatic rings. The monoisotopic (exact) mass is 289 g/mol. The van der Waals surface area contributed by atoms with Gasteiger partial charge in [-0.25, -0.2) is 4.39 Å². The van der Waals surface area contributed by atoms with E-state index in [4.69, 9.17) is 0 Å². The maximum Gasteiger partial charge on any atom is 0.193 e. The lowest BCUT2D eigenvalue weighted by Gasteiger charge is -2.38. The van der Waals surface area contributed by atoms with Crippen LogP contribution in [0.25, 0.3) is 0 Å². The van der Waals surface area contributed by atoms with Gasteiger partial charge in [0.1, 0.15) is 5.82 Å². The van der Waals surface area contributed by atoms with Crippen molar-refractivity contribution in [1.29, 1.82) is 0 Å². The summed E-state index contributed by atoms with van der Waals surface area (Å²) in [5.41, 5.74) is 2.36. The average molecular weight is 289 g/mol. The van der Waals surface area contributed by atoms with Crippen molar-refractivity contribution >= 4 is 5.96 Å². The van der Waals surface area contributed by atoms with Crippen LogP contribution in [0.4, 0.5) is 4.39 Å². The maximum absolute atomic E-state index is 13.3. The minimum absolute atomic E-state index is 0.144. The van der Waals surface area contributed by atoms with E-state index >= 15 is 0 Å². The Labute approximate surface area is 126 Å². The molecule has 3 nitrogen and oxygen atoms in total. The van der Waals surface area contributed by atoms with Gasteiger partial charge in [0.25, 0.3) is 0 Å². The number of aryl methyl sites for hydroxylation is 1. The van der Waals surface area contributed by atoms with Gasteiger partial charge in [-0.1, -0.05) is 18.6 Å². The fourth-order valence-corrected chi connectivity index (χ4v) is 3.53. The Bertz CT molecular complexity index is 549.